The highest BCUT2D eigenvalue weighted by atomic mass is 16.5. The van der Waals surface area contributed by atoms with Gasteiger partial charge in [0.25, 0.3) is 0 Å². The van der Waals surface area contributed by atoms with Crippen LogP contribution in [0.5, 0.6) is 5.75 Å². The molecule has 6 heteroatoms. The molecule has 1 fully saturated rings. The number of aryl methyl sites for hydroxylation is 1. The molecule has 2 aliphatic rings. The summed E-state index contributed by atoms with van der Waals surface area (Å²) >= 11 is 0. The van der Waals surface area contributed by atoms with Crippen molar-refractivity contribution >= 4 is 12.0 Å². The van der Waals surface area contributed by atoms with E-state index in [0.717, 1.165) is 29.7 Å². The lowest BCUT2D eigenvalue weighted by molar-refractivity contribution is -0.141. The molecular formula is C17H22N2O4. The molecule has 2 aliphatic heterocycles. The van der Waals surface area contributed by atoms with Crippen molar-refractivity contribution in [2.24, 2.45) is 5.92 Å². The van der Waals surface area contributed by atoms with Crippen molar-refractivity contribution in [3.63, 3.8) is 0 Å². The summed E-state index contributed by atoms with van der Waals surface area (Å²) in [6, 6.07) is 5.75. The topological polar surface area (TPSA) is 78.9 Å². The van der Waals surface area contributed by atoms with Crippen molar-refractivity contribution in [3.05, 3.63) is 29.3 Å². The smallest absolute Gasteiger partial charge is 0.317 e. The lowest BCUT2D eigenvalue weighted by atomic mass is 9.97. The molecule has 2 N–H and O–H groups in total. The Bertz CT molecular complexity index is 617. The van der Waals surface area contributed by atoms with E-state index < -0.39 is 11.9 Å². The summed E-state index contributed by atoms with van der Waals surface area (Å²) < 4.78 is 5.79. The molecule has 2 unspecified atom stereocenters. The molecule has 0 radical (unpaired) electrons. The first-order valence-electron chi connectivity index (χ1n) is 8.13. The van der Waals surface area contributed by atoms with Crippen molar-refractivity contribution in [2.75, 3.05) is 19.7 Å². The number of fused-ring (bicyclic) bond motifs is 1. The quantitative estimate of drug-likeness (QED) is 0.895. The average Bonchev–Trinajstić information content (AvgIpc) is 3.05. The third-order valence-corrected chi connectivity index (χ3v) is 4.66. The van der Waals surface area contributed by atoms with Crippen molar-refractivity contribution in [3.8, 4) is 5.75 Å². The maximum Gasteiger partial charge on any atom is 0.317 e. The molecule has 23 heavy (non-hydrogen) atoms. The van der Waals surface area contributed by atoms with Gasteiger partial charge in [-0.05, 0) is 18.4 Å². The van der Waals surface area contributed by atoms with Gasteiger partial charge in [0.1, 0.15) is 5.75 Å². The number of nitrogens with zero attached hydrogens (tertiary/aromatic N) is 1. The Labute approximate surface area is 135 Å². The van der Waals surface area contributed by atoms with E-state index >= 15 is 0 Å². The molecule has 124 valence electrons. The summed E-state index contributed by atoms with van der Waals surface area (Å²) in [5.41, 5.74) is 2.16. The number of ether oxygens (including phenoxy) is 1. The maximum absolute atomic E-state index is 12.4. The minimum absolute atomic E-state index is 0.0818. The number of carbonyl (C=O) groups excluding carboxylic acids is 1. The number of para-hydroxylation sites is 1. The molecule has 0 spiro atoms. The van der Waals surface area contributed by atoms with Crippen LogP contribution in [0.15, 0.2) is 18.2 Å². The Balaban J connectivity index is 1.70. The van der Waals surface area contributed by atoms with Gasteiger partial charge in [-0.2, -0.15) is 0 Å². The second-order valence-electron chi connectivity index (χ2n) is 6.10. The van der Waals surface area contributed by atoms with E-state index in [0.29, 0.717) is 19.6 Å². The van der Waals surface area contributed by atoms with Crippen LogP contribution in [0.4, 0.5) is 4.79 Å². The van der Waals surface area contributed by atoms with Crippen LogP contribution in [0.2, 0.25) is 0 Å². The summed E-state index contributed by atoms with van der Waals surface area (Å²) in [6.07, 6.45) is 2.13. The minimum Gasteiger partial charge on any atom is -0.493 e. The van der Waals surface area contributed by atoms with Crippen molar-refractivity contribution in [1.29, 1.82) is 0 Å². The molecule has 2 amide bonds. The first-order chi connectivity index (χ1) is 11.1. The number of hydrogen-bond donors (Lipinski definition) is 2. The molecule has 0 bridgehead atoms. The van der Waals surface area contributed by atoms with E-state index in [2.05, 4.69) is 12.2 Å². The number of nitrogens with one attached hydrogen (secondary N) is 1. The first-order valence-corrected chi connectivity index (χ1v) is 8.13. The Morgan fingerprint density at radius 2 is 2.22 bits per heavy atom. The molecule has 1 saturated heterocycles. The molecule has 0 aliphatic carbocycles. The van der Waals surface area contributed by atoms with Crippen LogP contribution in [-0.2, 0) is 11.2 Å². The van der Waals surface area contributed by atoms with E-state index in [9.17, 15) is 9.59 Å². The molecule has 0 saturated carbocycles. The number of carboxylic acid groups (broad SMARTS) is 1. The lowest BCUT2D eigenvalue weighted by Gasteiger charge is -2.29. The molecule has 2 atom stereocenters. The average molecular weight is 318 g/mol. The van der Waals surface area contributed by atoms with Crippen LogP contribution in [0, 0.1) is 5.92 Å². The number of rotatable bonds is 3. The zero-order valence-electron chi connectivity index (χ0n) is 13.2. The van der Waals surface area contributed by atoms with Crippen LogP contribution in [0.3, 0.4) is 0 Å². The minimum atomic E-state index is -0.829. The summed E-state index contributed by atoms with van der Waals surface area (Å²) in [4.78, 5) is 25.0. The molecule has 3 rings (SSSR count). The monoisotopic (exact) mass is 318 g/mol. The zero-order chi connectivity index (χ0) is 16.4. The molecule has 1 aromatic rings. The fourth-order valence-electron chi connectivity index (χ4n) is 3.30. The number of carbonyl (C=O) groups is 2. The molecule has 1 aromatic carbocycles. The predicted octanol–water partition coefficient (Wildman–Crippen LogP) is 2.19. The number of hydrogen-bond acceptors (Lipinski definition) is 3. The Kier molecular flexibility index (Phi) is 4.41. The van der Waals surface area contributed by atoms with Crippen molar-refractivity contribution in [1.82, 2.24) is 10.2 Å². The number of aliphatic carboxylic acids is 1. The van der Waals surface area contributed by atoms with Gasteiger partial charge in [-0.25, -0.2) is 4.79 Å². The summed E-state index contributed by atoms with van der Waals surface area (Å²) in [5, 5.41) is 12.1. The maximum atomic E-state index is 12.4. The molecule has 6 nitrogen and oxygen atoms in total. The van der Waals surface area contributed by atoms with Gasteiger partial charge >= 0.3 is 12.0 Å². The van der Waals surface area contributed by atoms with Gasteiger partial charge in [0.2, 0.25) is 0 Å². The number of benzene rings is 1. The van der Waals surface area contributed by atoms with Crippen molar-refractivity contribution < 1.29 is 19.4 Å². The number of likely N-dealkylation sites (tertiary alicyclic amines) is 1. The molecular weight excluding hydrogens is 296 g/mol. The second-order valence-corrected chi connectivity index (χ2v) is 6.10. The van der Waals surface area contributed by atoms with E-state index in [4.69, 9.17) is 9.84 Å². The second kappa shape index (κ2) is 6.48. The van der Waals surface area contributed by atoms with Gasteiger partial charge in [0.15, 0.2) is 0 Å². The van der Waals surface area contributed by atoms with Gasteiger partial charge in [-0.1, -0.05) is 25.1 Å². The fourth-order valence-corrected chi connectivity index (χ4v) is 3.30. The SMILES string of the molecule is CCc1cccc2c1OCCC2NC(=O)N1CCC(C(=O)O)C1. The van der Waals surface area contributed by atoms with Crippen LogP contribution < -0.4 is 10.1 Å². The van der Waals surface area contributed by atoms with Gasteiger partial charge in [0.05, 0.1) is 18.6 Å². The Hall–Kier alpha value is -2.24. The van der Waals surface area contributed by atoms with Crippen LogP contribution in [-0.4, -0.2) is 41.7 Å². The van der Waals surface area contributed by atoms with Gasteiger partial charge in [-0.15, -0.1) is 0 Å². The summed E-state index contributed by atoms with van der Waals surface area (Å²) in [5.74, 6) is -0.393. The fraction of sp³-hybridized carbons (Fsp3) is 0.529. The van der Waals surface area contributed by atoms with Gasteiger partial charge < -0.3 is 20.1 Å². The van der Waals surface area contributed by atoms with Crippen LogP contribution in [0.25, 0.3) is 0 Å². The highest BCUT2D eigenvalue weighted by molar-refractivity contribution is 5.78. The summed E-state index contributed by atoms with van der Waals surface area (Å²) in [6.45, 7) is 3.43. The van der Waals surface area contributed by atoms with Crippen molar-refractivity contribution in [2.45, 2.75) is 32.2 Å². The van der Waals surface area contributed by atoms with Gasteiger partial charge in [-0.3, -0.25) is 4.79 Å². The highest BCUT2D eigenvalue weighted by Crippen LogP contribution is 2.35. The Morgan fingerprint density at radius 1 is 1.39 bits per heavy atom. The number of carboxylic acids is 1. The standard InChI is InChI=1S/C17H22N2O4/c1-2-11-4-3-5-13-14(7-9-23-15(11)13)18-17(22)19-8-6-12(10-19)16(20)21/h3-5,12,14H,2,6-10H2,1H3,(H,18,22)(H,20,21). The van der Waals surface area contributed by atoms with E-state index in [1.165, 1.54) is 0 Å². The molecule has 2 heterocycles. The Morgan fingerprint density at radius 3 is 2.91 bits per heavy atom. The molecule has 0 aromatic heterocycles. The zero-order valence-corrected chi connectivity index (χ0v) is 13.2. The van der Waals surface area contributed by atoms with E-state index in [-0.39, 0.29) is 18.6 Å². The number of amides is 2. The highest BCUT2D eigenvalue weighted by Gasteiger charge is 2.33. The third kappa shape index (κ3) is 3.11. The predicted molar refractivity (Wildman–Crippen MR) is 84.5 cm³/mol. The summed E-state index contributed by atoms with van der Waals surface area (Å²) in [7, 11) is 0. The van der Waals surface area contributed by atoms with E-state index in [1.54, 1.807) is 4.90 Å². The first kappa shape index (κ1) is 15.6. The van der Waals surface area contributed by atoms with Gasteiger partial charge in [0, 0.05) is 25.1 Å². The van der Waals surface area contributed by atoms with Crippen LogP contribution in [0.1, 0.15) is 36.9 Å². The van der Waals surface area contributed by atoms with E-state index in [1.807, 2.05) is 18.2 Å². The van der Waals surface area contributed by atoms with Crippen LogP contribution >= 0.6 is 0 Å². The lowest BCUT2D eigenvalue weighted by Crippen LogP contribution is -2.42. The number of urea groups is 1. The normalized spacial score (nSPS) is 23.1. The third-order valence-electron chi connectivity index (χ3n) is 4.66. The largest absolute Gasteiger partial charge is 0.493 e.